The van der Waals surface area contributed by atoms with E-state index in [9.17, 15) is 9.59 Å². The molecule has 82 valence electrons. The summed E-state index contributed by atoms with van der Waals surface area (Å²) in [5, 5.41) is 0. The van der Waals surface area contributed by atoms with Crippen molar-refractivity contribution < 1.29 is 9.59 Å². The summed E-state index contributed by atoms with van der Waals surface area (Å²) in [5.41, 5.74) is 2.94. The highest BCUT2D eigenvalue weighted by Gasteiger charge is 2.40. The maximum absolute atomic E-state index is 12.2. The number of aryl methyl sites for hydroxylation is 1. The van der Waals surface area contributed by atoms with Crippen molar-refractivity contribution in [3.8, 4) is 0 Å². The van der Waals surface area contributed by atoms with E-state index in [1.807, 2.05) is 25.1 Å². The Balaban J connectivity index is 2.10. The molecule has 2 heterocycles. The lowest BCUT2D eigenvalue weighted by atomic mass is 9.92. The SMILES string of the molecule is Cc1ccc2c(c1)CN1C(=O)CCC1C2=O. The number of nitrogens with zero attached hydrogens (tertiary/aromatic N) is 1. The normalized spacial score (nSPS) is 23.3. The fraction of sp³-hybridized carbons (Fsp3) is 0.385. The van der Waals surface area contributed by atoms with Crippen molar-refractivity contribution in [2.45, 2.75) is 32.4 Å². The fourth-order valence-corrected chi connectivity index (χ4v) is 2.66. The van der Waals surface area contributed by atoms with Gasteiger partial charge in [-0.1, -0.05) is 23.8 Å². The van der Waals surface area contributed by atoms with Gasteiger partial charge in [0.15, 0.2) is 5.78 Å². The van der Waals surface area contributed by atoms with E-state index in [1.54, 1.807) is 4.90 Å². The second-order valence-corrected chi connectivity index (χ2v) is 4.60. The molecule has 2 aliphatic heterocycles. The number of carbonyl (C=O) groups excluding carboxylic acids is 2. The van der Waals surface area contributed by atoms with Gasteiger partial charge in [0.2, 0.25) is 5.91 Å². The van der Waals surface area contributed by atoms with Crippen LogP contribution in [0.5, 0.6) is 0 Å². The average Bonchev–Trinajstić information content (AvgIpc) is 2.61. The van der Waals surface area contributed by atoms with Gasteiger partial charge in [0.05, 0.1) is 6.04 Å². The summed E-state index contributed by atoms with van der Waals surface area (Å²) in [7, 11) is 0. The number of carbonyl (C=O) groups is 2. The van der Waals surface area contributed by atoms with E-state index in [1.165, 1.54) is 0 Å². The number of hydrogen-bond acceptors (Lipinski definition) is 2. The molecule has 3 nitrogen and oxygen atoms in total. The summed E-state index contributed by atoms with van der Waals surface area (Å²) < 4.78 is 0. The zero-order chi connectivity index (χ0) is 11.3. The summed E-state index contributed by atoms with van der Waals surface area (Å²) >= 11 is 0. The maximum atomic E-state index is 12.2. The van der Waals surface area contributed by atoms with Gasteiger partial charge in [0, 0.05) is 18.5 Å². The van der Waals surface area contributed by atoms with Crippen LogP contribution in [0, 0.1) is 6.92 Å². The van der Waals surface area contributed by atoms with Crippen molar-refractivity contribution in [3.05, 3.63) is 34.9 Å². The first-order valence-corrected chi connectivity index (χ1v) is 5.60. The van der Waals surface area contributed by atoms with Crippen molar-refractivity contribution in [1.29, 1.82) is 0 Å². The summed E-state index contributed by atoms with van der Waals surface area (Å²) in [6.07, 6.45) is 1.20. The second kappa shape index (κ2) is 3.17. The monoisotopic (exact) mass is 215 g/mol. The van der Waals surface area contributed by atoms with E-state index < -0.39 is 0 Å². The molecule has 3 heteroatoms. The minimum atomic E-state index is -0.192. The number of benzene rings is 1. The molecule has 1 saturated heterocycles. The molecular weight excluding hydrogens is 202 g/mol. The zero-order valence-electron chi connectivity index (χ0n) is 9.19. The average molecular weight is 215 g/mol. The molecule has 0 radical (unpaired) electrons. The zero-order valence-corrected chi connectivity index (χ0v) is 9.19. The van der Waals surface area contributed by atoms with Crippen LogP contribution in [-0.4, -0.2) is 22.6 Å². The first-order valence-electron chi connectivity index (χ1n) is 5.60. The molecule has 2 aliphatic rings. The maximum Gasteiger partial charge on any atom is 0.223 e. The molecule has 0 spiro atoms. The van der Waals surface area contributed by atoms with Crippen molar-refractivity contribution in [2.75, 3.05) is 0 Å². The van der Waals surface area contributed by atoms with Gasteiger partial charge in [-0.05, 0) is 18.9 Å². The first-order chi connectivity index (χ1) is 7.66. The Hall–Kier alpha value is -1.64. The van der Waals surface area contributed by atoms with Gasteiger partial charge >= 0.3 is 0 Å². The quantitative estimate of drug-likeness (QED) is 0.660. The highest BCUT2D eigenvalue weighted by molar-refractivity contribution is 6.05. The van der Waals surface area contributed by atoms with E-state index in [4.69, 9.17) is 0 Å². The van der Waals surface area contributed by atoms with E-state index in [0.29, 0.717) is 19.4 Å². The van der Waals surface area contributed by atoms with Crippen molar-refractivity contribution in [1.82, 2.24) is 4.90 Å². The fourth-order valence-electron chi connectivity index (χ4n) is 2.66. The van der Waals surface area contributed by atoms with Gasteiger partial charge in [0.1, 0.15) is 0 Å². The van der Waals surface area contributed by atoms with Gasteiger partial charge in [-0.15, -0.1) is 0 Å². The summed E-state index contributed by atoms with van der Waals surface area (Å²) in [6, 6.07) is 5.67. The molecule has 1 amide bonds. The van der Waals surface area contributed by atoms with E-state index in [2.05, 4.69) is 0 Å². The van der Waals surface area contributed by atoms with Crippen LogP contribution in [0.25, 0.3) is 0 Å². The topological polar surface area (TPSA) is 37.4 Å². The van der Waals surface area contributed by atoms with Gasteiger partial charge in [0.25, 0.3) is 0 Å². The third-order valence-corrected chi connectivity index (χ3v) is 3.50. The molecule has 16 heavy (non-hydrogen) atoms. The molecule has 0 aromatic heterocycles. The summed E-state index contributed by atoms with van der Waals surface area (Å²) in [6.45, 7) is 2.61. The third kappa shape index (κ3) is 1.21. The Kier molecular flexibility index (Phi) is 1.90. The van der Waals surface area contributed by atoms with Gasteiger partial charge in [-0.2, -0.15) is 0 Å². The minimum Gasteiger partial charge on any atom is -0.328 e. The van der Waals surface area contributed by atoms with Crippen molar-refractivity contribution in [3.63, 3.8) is 0 Å². The number of amides is 1. The van der Waals surface area contributed by atoms with Gasteiger partial charge < -0.3 is 4.90 Å². The van der Waals surface area contributed by atoms with E-state index in [0.717, 1.165) is 16.7 Å². The molecule has 3 rings (SSSR count). The Labute approximate surface area is 94.1 Å². The number of ketones is 1. The summed E-state index contributed by atoms with van der Waals surface area (Å²) in [4.78, 5) is 25.5. The molecule has 1 atom stereocenters. The summed E-state index contributed by atoms with van der Waals surface area (Å²) in [5.74, 6) is 0.234. The molecule has 0 N–H and O–H groups in total. The molecule has 0 aliphatic carbocycles. The van der Waals surface area contributed by atoms with Crippen LogP contribution in [0.2, 0.25) is 0 Å². The number of rotatable bonds is 0. The lowest BCUT2D eigenvalue weighted by molar-refractivity contribution is -0.129. The number of Topliss-reactive ketones (excluding diaryl/α,β-unsaturated/α-hetero) is 1. The molecule has 0 bridgehead atoms. The van der Waals surface area contributed by atoms with Crippen LogP contribution in [-0.2, 0) is 11.3 Å². The van der Waals surface area contributed by atoms with E-state index >= 15 is 0 Å². The predicted molar refractivity (Wildman–Crippen MR) is 59.1 cm³/mol. The molecular formula is C13H13NO2. The predicted octanol–water partition coefficient (Wildman–Crippen LogP) is 1.68. The molecule has 1 aromatic rings. The van der Waals surface area contributed by atoms with Crippen molar-refractivity contribution in [2.24, 2.45) is 0 Å². The molecule has 1 fully saturated rings. The Morgan fingerprint density at radius 2 is 2.12 bits per heavy atom. The van der Waals surface area contributed by atoms with Crippen LogP contribution >= 0.6 is 0 Å². The highest BCUT2D eigenvalue weighted by Crippen LogP contribution is 2.31. The number of fused-ring (bicyclic) bond motifs is 2. The molecule has 1 aromatic carbocycles. The van der Waals surface area contributed by atoms with Gasteiger partial charge in [-0.3, -0.25) is 9.59 Å². The molecule has 1 unspecified atom stereocenters. The largest absolute Gasteiger partial charge is 0.328 e. The smallest absolute Gasteiger partial charge is 0.223 e. The number of hydrogen-bond donors (Lipinski definition) is 0. The Bertz CT molecular complexity index is 493. The van der Waals surface area contributed by atoms with Crippen LogP contribution in [0.3, 0.4) is 0 Å². The highest BCUT2D eigenvalue weighted by atomic mass is 16.2. The standard InChI is InChI=1S/C13H13NO2/c1-8-2-3-10-9(6-8)7-14-11(13(10)16)4-5-12(14)15/h2-3,6,11H,4-5,7H2,1H3. The van der Waals surface area contributed by atoms with Crippen molar-refractivity contribution >= 4 is 11.7 Å². The Morgan fingerprint density at radius 3 is 2.94 bits per heavy atom. The first kappa shape index (κ1) is 9.58. The Morgan fingerprint density at radius 1 is 1.31 bits per heavy atom. The minimum absolute atomic E-state index is 0.116. The van der Waals surface area contributed by atoms with Crippen LogP contribution < -0.4 is 0 Å². The second-order valence-electron chi connectivity index (χ2n) is 4.60. The lowest BCUT2D eigenvalue weighted by Crippen LogP contribution is -2.42. The van der Waals surface area contributed by atoms with Crippen LogP contribution in [0.4, 0.5) is 0 Å². The molecule has 0 saturated carbocycles. The third-order valence-electron chi connectivity index (χ3n) is 3.50. The lowest BCUT2D eigenvalue weighted by Gasteiger charge is -2.30. The van der Waals surface area contributed by atoms with Crippen LogP contribution in [0.15, 0.2) is 18.2 Å². The van der Waals surface area contributed by atoms with Crippen LogP contribution in [0.1, 0.15) is 34.3 Å². The van der Waals surface area contributed by atoms with E-state index in [-0.39, 0.29) is 17.7 Å². The van der Waals surface area contributed by atoms with Gasteiger partial charge in [-0.25, -0.2) is 0 Å².